The van der Waals surface area contributed by atoms with Gasteiger partial charge in [-0.05, 0) is 24.5 Å². The summed E-state index contributed by atoms with van der Waals surface area (Å²) in [5.74, 6) is 0.542. The van der Waals surface area contributed by atoms with Crippen LogP contribution in [0, 0.1) is 5.92 Å². The van der Waals surface area contributed by atoms with Crippen molar-refractivity contribution in [3.05, 3.63) is 24.3 Å². The molecule has 2 atom stereocenters. The summed E-state index contributed by atoms with van der Waals surface area (Å²) in [6.07, 6.45) is 0.583. The minimum Gasteiger partial charge on any atom is -0.467 e. The van der Waals surface area contributed by atoms with E-state index in [9.17, 15) is 9.59 Å². The van der Waals surface area contributed by atoms with Gasteiger partial charge in [0.25, 0.3) is 0 Å². The number of nitrogens with one attached hydrogen (secondary N) is 1. The molecule has 1 aromatic carbocycles. The van der Waals surface area contributed by atoms with Gasteiger partial charge in [-0.3, -0.25) is 4.79 Å². The van der Waals surface area contributed by atoms with E-state index in [1.807, 2.05) is 32.0 Å². The number of benzene rings is 1. The van der Waals surface area contributed by atoms with Crippen molar-refractivity contribution >= 4 is 35.4 Å². The molecule has 0 saturated carbocycles. The molecule has 0 fully saturated rings. The predicted molar refractivity (Wildman–Crippen MR) is 90.2 cm³/mol. The molecule has 1 unspecified atom stereocenters. The van der Waals surface area contributed by atoms with Crippen LogP contribution in [0.15, 0.2) is 34.1 Å². The first kappa shape index (κ1) is 17.2. The summed E-state index contributed by atoms with van der Waals surface area (Å²) in [5.41, 5.74) is 0. The molecule has 0 bridgehead atoms. The standard InChI is InChI=1S/C16H21NO3S2/c1-10(2)8-11(16(19)20-3)17-15(18)14-9-21-12-6-4-5-7-13(12)22-14/h4-7,10-11,14H,8-9H2,1-3H3,(H,17,18)/t11-,14?/m0/s1. The summed E-state index contributed by atoms with van der Waals surface area (Å²) in [6, 6.07) is 7.50. The first-order valence-corrected chi connectivity index (χ1v) is 9.14. The molecule has 0 radical (unpaired) electrons. The molecule has 0 spiro atoms. The lowest BCUT2D eigenvalue weighted by atomic mass is 10.0. The number of esters is 1. The number of ether oxygens (including phenoxy) is 1. The van der Waals surface area contributed by atoms with Gasteiger partial charge in [-0.2, -0.15) is 0 Å². The molecule has 1 aromatic rings. The summed E-state index contributed by atoms with van der Waals surface area (Å²) in [4.78, 5) is 26.6. The molecule has 4 nitrogen and oxygen atoms in total. The van der Waals surface area contributed by atoms with E-state index in [0.29, 0.717) is 18.1 Å². The molecule has 1 aliphatic rings. The van der Waals surface area contributed by atoms with Gasteiger partial charge in [0.15, 0.2) is 0 Å². The maximum absolute atomic E-state index is 12.5. The molecular formula is C16H21NO3S2. The Morgan fingerprint density at radius 2 is 2.00 bits per heavy atom. The Labute approximate surface area is 139 Å². The van der Waals surface area contributed by atoms with E-state index in [4.69, 9.17) is 4.74 Å². The summed E-state index contributed by atoms with van der Waals surface area (Å²) in [7, 11) is 1.35. The number of carbonyl (C=O) groups excluding carboxylic acids is 2. The van der Waals surface area contributed by atoms with Crippen LogP contribution in [-0.4, -0.2) is 36.0 Å². The van der Waals surface area contributed by atoms with E-state index in [2.05, 4.69) is 11.4 Å². The fourth-order valence-electron chi connectivity index (χ4n) is 2.24. The van der Waals surface area contributed by atoms with Gasteiger partial charge < -0.3 is 10.1 Å². The largest absolute Gasteiger partial charge is 0.467 e. The molecule has 22 heavy (non-hydrogen) atoms. The van der Waals surface area contributed by atoms with Gasteiger partial charge in [0.2, 0.25) is 5.91 Å². The highest BCUT2D eigenvalue weighted by Crippen LogP contribution is 2.40. The Hall–Kier alpha value is -1.14. The second-order valence-electron chi connectivity index (χ2n) is 5.58. The second-order valence-corrected chi connectivity index (χ2v) is 7.88. The van der Waals surface area contributed by atoms with Crippen LogP contribution in [0.25, 0.3) is 0 Å². The second kappa shape index (κ2) is 7.92. The molecule has 0 aliphatic carbocycles. The summed E-state index contributed by atoms with van der Waals surface area (Å²) < 4.78 is 4.79. The van der Waals surface area contributed by atoms with Crippen LogP contribution < -0.4 is 5.32 Å². The van der Waals surface area contributed by atoms with Crippen molar-refractivity contribution in [2.75, 3.05) is 12.9 Å². The third-order valence-electron chi connectivity index (χ3n) is 3.31. The zero-order valence-electron chi connectivity index (χ0n) is 13.0. The lowest BCUT2D eigenvalue weighted by Crippen LogP contribution is -2.46. The van der Waals surface area contributed by atoms with Gasteiger partial charge in [-0.1, -0.05) is 26.0 Å². The van der Waals surface area contributed by atoms with Gasteiger partial charge in [0.05, 0.1) is 12.4 Å². The Kier molecular flexibility index (Phi) is 6.20. The topological polar surface area (TPSA) is 55.4 Å². The molecule has 120 valence electrons. The van der Waals surface area contributed by atoms with Crippen molar-refractivity contribution in [1.82, 2.24) is 5.32 Å². The molecule has 0 aromatic heterocycles. The van der Waals surface area contributed by atoms with Crippen LogP contribution >= 0.6 is 23.5 Å². The normalized spacial score (nSPS) is 18.5. The molecule has 1 N–H and O–H groups in total. The highest BCUT2D eigenvalue weighted by molar-refractivity contribution is 8.06. The molecule has 1 aliphatic heterocycles. The summed E-state index contributed by atoms with van der Waals surface area (Å²) in [5, 5.41) is 2.67. The Bertz CT molecular complexity index is 548. The Morgan fingerprint density at radius 3 is 2.64 bits per heavy atom. The minimum absolute atomic E-state index is 0.0944. The van der Waals surface area contributed by atoms with E-state index < -0.39 is 6.04 Å². The minimum atomic E-state index is -0.569. The maximum atomic E-state index is 12.5. The van der Waals surface area contributed by atoms with Crippen LogP contribution in [-0.2, 0) is 14.3 Å². The molecular weight excluding hydrogens is 318 g/mol. The zero-order valence-corrected chi connectivity index (χ0v) is 14.6. The maximum Gasteiger partial charge on any atom is 0.328 e. The van der Waals surface area contributed by atoms with Gasteiger partial charge in [-0.25, -0.2) is 4.79 Å². The highest BCUT2D eigenvalue weighted by atomic mass is 32.2. The SMILES string of the molecule is COC(=O)[C@H](CC(C)C)NC(=O)C1CSc2ccccc2S1. The van der Waals surface area contributed by atoms with E-state index in [1.165, 1.54) is 12.0 Å². The van der Waals surface area contributed by atoms with Crippen LogP contribution in [0.2, 0.25) is 0 Å². The Balaban J connectivity index is 2.00. The smallest absolute Gasteiger partial charge is 0.328 e. The van der Waals surface area contributed by atoms with Crippen molar-refractivity contribution in [3.63, 3.8) is 0 Å². The first-order valence-electron chi connectivity index (χ1n) is 7.28. The van der Waals surface area contributed by atoms with Crippen LogP contribution in [0.3, 0.4) is 0 Å². The number of carbonyl (C=O) groups is 2. The van der Waals surface area contributed by atoms with Crippen molar-refractivity contribution in [2.24, 2.45) is 5.92 Å². The number of fused-ring (bicyclic) bond motifs is 1. The number of methoxy groups -OCH3 is 1. The number of rotatable bonds is 5. The van der Waals surface area contributed by atoms with E-state index in [0.717, 1.165) is 4.90 Å². The molecule has 1 amide bonds. The van der Waals surface area contributed by atoms with Crippen molar-refractivity contribution in [3.8, 4) is 0 Å². The third kappa shape index (κ3) is 4.43. The summed E-state index contributed by atoms with van der Waals surface area (Å²) in [6.45, 7) is 4.03. The Morgan fingerprint density at radius 1 is 1.32 bits per heavy atom. The van der Waals surface area contributed by atoms with Crippen LogP contribution in [0.1, 0.15) is 20.3 Å². The average molecular weight is 339 g/mol. The number of hydrogen-bond acceptors (Lipinski definition) is 5. The van der Waals surface area contributed by atoms with E-state index in [1.54, 1.807) is 23.5 Å². The predicted octanol–water partition coefficient (Wildman–Crippen LogP) is 2.96. The average Bonchev–Trinajstić information content (AvgIpc) is 2.52. The fourth-order valence-corrected chi connectivity index (χ4v) is 4.73. The molecule has 2 rings (SSSR count). The van der Waals surface area contributed by atoms with E-state index >= 15 is 0 Å². The molecule has 6 heteroatoms. The summed E-state index contributed by atoms with van der Waals surface area (Å²) >= 11 is 3.24. The third-order valence-corrected chi connectivity index (χ3v) is 6.09. The number of thioether (sulfide) groups is 2. The first-order chi connectivity index (χ1) is 10.5. The lowest BCUT2D eigenvalue weighted by Gasteiger charge is -2.25. The van der Waals surface area contributed by atoms with Gasteiger partial charge in [0, 0.05) is 15.5 Å². The molecule has 0 saturated heterocycles. The van der Waals surface area contributed by atoms with Crippen molar-refractivity contribution in [1.29, 1.82) is 0 Å². The van der Waals surface area contributed by atoms with Gasteiger partial charge in [-0.15, -0.1) is 23.5 Å². The van der Waals surface area contributed by atoms with Gasteiger partial charge >= 0.3 is 5.97 Å². The van der Waals surface area contributed by atoms with Crippen LogP contribution in [0.5, 0.6) is 0 Å². The monoisotopic (exact) mass is 339 g/mol. The highest BCUT2D eigenvalue weighted by Gasteiger charge is 2.30. The quantitative estimate of drug-likeness (QED) is 0.836. The fraction of sp³-hybridized carbons (Fsp3) is 0.500. The lowest BCUT2D eigenvalue weighted by molar-refractivity contribution is -0.145. The number of hydrogen-bond donors (Lipinski definition) is 1. The van der Waals surface area contributed by atoms with Gasteiger partial charge in [0.1, 0.15) is 6.04 Å². The van der Waals surface area contributed by atoms with Crippen molar-refractivity contribution in [2.45, 2.75) is 41.4 Å². The molecule has 1 heterocycles. The van der Waals surface area contributed by atoms with Crippen LogP contribution in [0.4, 0.5) is 0 Å². The van der Waals surface area contributed by atoms with Crippen molar-refractivity contribution < 1.29 is 14.3 Å². The van der Waals surface area contributed by atoms with E-state index in [-0.39, 0.29) is 17.1 Å². The number of amides is 1. The zero-order chi connectivity index (χ0) is 16.1.